The predicted molar refractivity (Wildman–Crippen MR) is 236 cm³/mol. The summed E-state index contributed by atoms with van der Waals surface area (Å²) in [7, 11) is 0. The van der Waals surface area contributed by atoms with Gasteiger partial charge in [-0.1, -0.05) is 187 Å². The lowest BCUT2D eigenvalue weighted by atomic mass is 9.98. The molecule has 2 aromatic carbocycles. The standard InChI is InChI=1S/C50H82N2/c1-6-11-14-16-18-19-20-21-22-23-24-25-26-27-28-30-36-45-37-32-33-39-48(45)52-50(40-31-29-17-15-12-7-2)49(38-13-8-3)51-47-42-41-44(34-9-4)46(43-47)35-10-5/h26-27,32-33,37,39,41-43H,6-25,28-31,34-36,38,40H2,1-5H3/b27-26+,51-49?,52-50?. The van der Waals surface area contributed by atoms with E-state index in [1.54, 1.807) is 0 Å². The van der Waals surface area contributed by atoms with Crippen LogP contribution in [0.3, 0.4) is 0 Å². The van der Waals surface area contributed by atoms with Gasteiger partial charge in [-0.3, -0.25) is 9.98 Å². The molecule has 0 spiro atoms. The Kier molecular flexibility index (Phi) is 28.1. The van der Waals surface area contributed by atoms with Gasteiger partial charge in [0, 0.05) is 0 Å². The highest BCUT2D eigenvalue weighted by Gasteiger charge is 2.13. The van der Waals surface area contributed by atoms with Crippen molar-refractivity contribution in [3.05, 3.63) is 71.3 Å². The average molecular weight is 711 g/mol. The van der Waals surface area contributed by atoms with Crippen LogP contribution in [0, 0.1) is 0 Å². The number of para-hydroxylation sites is 1. The van der Waals surface area contributed by atoms with E-state index in [9.17, 15) is 0 Å². The van der Waals surface area contributed by atoms with Crippen LogP contribution in [-0.4, -0.2) is 11.4 Å². The third-order valence-electron chi connectivity index (χ3n) is 10.6. The van der Waals surface area contributed by atoms with Gasteiger partial charge in [-0.15, -0.1) is 0 Å². The van der Waals surface area contributed by atoms with Crippen LogP contribution in [0.15, 0.2) is 64.6 Å². The first-order chi connectivity index (χ1) is 25.7. The molecule has 0 fully saturated rings. The zero-order valence-corrected chi connectivity index (χ0v) is 35.1. The first kappa shape index (κ1) is 45.7. The van der Waals surface area contributed by atoms with E-state index >= 15 is 0 Å². The highest BCUT2D eigenvalue weighted by atomic mass is 14.8. The maximum Gasteiger partial charge on any atom is 0.0665 e. The summed E-state index contributed by atoms with van der Waals surface area (Å²) in [6.07, 6.45) is 41.8. The summed E-state index contributed by atoms with van der Waals surface area (Å²) in [4.78, 5) is 10.9. The molecular formula is C50H82N2. The molecule has 0 saturated heterocycles. The lowest BCUT2D eigenvalue weighted by Crippen LogP contribution is -2.14. The van der Waals surface area contributed by atoms with E-state index in [-0.39, 0.29) is 0 Å². The van der Waals surface area contributed by atoms with Crippen molar-refractivity contribution >= 4 is 22.8 Å². The summed E-state index contributed by atoms with van der Waals surface area (Å²) < 4.78 is 0. The van der Waals surface area contributed by atoms with E-state index in [2.05, 4.69) is 89.2 Å². The lowest BCUT2D eigenvalue weighted by molar-refractivity contribution is 0.550. The molecule has 2 rings (SSSR count). The summed E-state index contributed by atoms with van der Waals surface area (Å²) in [6, 6.07) is 15.9. The summed E-state index contributed by atoms with van der Waals surface area (Å²) in [5, 5.41) is 0. The smallest absolute Gasteiger partial charge is 0.0665 e. The Morgan fingerprint density at radius 2 is 0.942 bits per heavy atom. The number of benzene rings is 2. The molecule has 0 aliphatic heterocycles. The van der Waals surface area contributed by atoms with Gasteiger partial charge in [0.25, 0.3) is 0 Å². The molecule has 0 bridgehead atoms. The average Bonchev–Trinajstić information content (AvgIpc) is 3.15. The van der Waals surface area contributed by atoms with Gasteiger partial charge in [-0.05, 0) is 106 Å². The number of aliphatic imine (C=N–C) groups is 2. The van der Waals surface area contributed by atoms with Crippen LogP contribution in [0.4, 0.5) is 11.4 Å². The minimum absolute atomic E-state index is 0.997. The number of aryl methyl sites for hydroxylation is 3. The molecule has 0 N–H and O–H groups in total. The topological polar surface area (TPSA) is 24.7 Å². The fourth-order valence-corrected chi connectivity index (χ4v) is 7.35. The molecule has 0 aliphatic carbocycles. The van der Waals surface area contributed by atoms with E-state index in [1.165, 1.54) is 169 Å². The van der Waals surface area contributed by atoms with Gasteiger partial charge in [0.1, 0.15) is 0 Å². The fraction of sp³-hybridized carbons (Fsp3) is 0.680. The van der Waals surface area contributed by atoms with Gasteiger partial charge in [-0.25, -0.2) is 0 Å². The van der Waals surface area contributed by atoms with Gasteiger partial charge >= 0.3 is 0 Å². The first-order valence-corrected chi connectivity index (χ1v) is 22.7. The summed E-state index contributed by atoms with van der Waals surface area (Å²) in [6.45, 7) is 11.5. The van der Waals surface area contributed by atoms with Gasteiger partial charge in [0.2, 0.25) is 0 Å². The molecule has 0 amide bonds. The molecule has 0 aliphatic rings. The van der Waals surface area contributed by atoms with Gasteiger partial charge in [-0.2, -0.15) is 0 Å². The van der Waals surface area contributed by atoms with Gasteiger partial charge < -0.3 is 0 Å². The Hall–Kier alpha value is -2.48. The van der Waals surface area contributed by atoms with Gasteiger partial charge in [0.05, 0.1) is 22.8 Å². The number of nitrogens with zero attached hydrogens (tertiary/aromatic N) is 2. The van der Waals surface area contributed by atoms with Crippen LogP contribution in [0.5, 0.6) is 0 Å². The van der Waals surface area contributed by atoms with Gasteiger partial charge in [0.15, 0.2) is 0 Å². The summed E-state index contributed by atoms with van der Waals surface area (Å²) >= 11 is 0. The molecule has 0 aromatic heterocycles. The van der Waals surface area contributed by atoms with Crippen molar-refractivity contribution in [3.8, 4) is 0 Å². The zero-order valence-electron chi connectivity index (χ0n) is 35.1. The molecule has 0 unspecified atom stereocenters. The van der Waals surface area contributed by atoms with Crippen molar-refractivity contribution in [1.29, 1.82) is 0 Å². The van der Waals surface area contributed by atoms with Crippen LogP contribution in [0.1, 0.15) is 218 Å². The van der Waals surface area contributed by atoms with Crippen LogP contribution in [0.25, 0.3) is 0 Å². The Balaban J connectivity index is 2.07. The molecular weight excluding hydrogens is 629 g/mol. The second-order valence-corrected chi connectivity index (χ2v) is 15.5. The number of unbranched alkanes of at least 4 members (excludes halogenated alkanes) is 18. The third-order valence-corrected chi connectivity index (χ3v) is 10.6. The van der Waals surface area contributed by atoms with Crippen molar-refractivity contribution in [2.75, 3.05) is 0 Å². The van der Waals surface area contributed by atoms with Crippen LogP contribution in [-0.2, 0) is 19.3 Å². The normalized spacial score (nSPS) is 12.4. The van der Waals surface area contributed by atoms with E-state index in [0.717, 1.165) is 56.3 Å². The molecule has 52 heavy (non-hydrogen) atoms. The Bertz CT molecular complexity index is 1230. The molecule has 2 aromatic rings. The molecule has 0 saturated carbocycles. The summed E-state index contributed by atoms with van der Waals surface area (Å²) in [5.41, 5.74) is 9.05. The number of hydrogen-bond acceptors (Lipinski definition) is 2. The maximum atomic E-state index is 5.51. The quantitative estimate of drug-likeness (QED) is 0.0400. The zero-order chi connectivity index (χ0) is 37.3. The van der Waals surface area contributed by atoms with E-state index in [4.69, 9.17) is 9.98 Å². The van der Waals surface area contributed by atoms with Crippen LogP contribution < -0.4 is 0 Å². The largest absolute Gasteiger partial charge is 0.252 e. The summed E-state index contributed by atoms with van der Waals surface area (Å²) in [5.74, 6) is 0. The number of allylic oxidation sites excluding steroid dienone is 2. The second kappa shape index (κ2) is 32.0. The van der Waals surface area contributed by atoms with Crippen molar-refractivity contribution < 1.29 is 0 Å². The number of rotatable bonds is 33. The highest BCUT2D eigenvalue weighted by molar-refractivity contribution is 6.43. The Morgan fingerprint density at radius 1 is 0.423 bits per heavy atom. The molecule has 2 nitrogen and oxygen atoms in total. The highest BCUT2D eigenvalue weighted by Crippen LogP contribution is 2.26. The third kappa shape index (κ3) is 21.3. The second-order valence-electron chi connectivity index (χ2n) is 15.5. The van der Waals surface area contributed by atoms with Crippen molar-refractivity contribution in [2.45, 2.75) is 221 Å². The van der Waals surface area contributed by atoms with Crippen molar-refractivity contribution in [3.63, 3.8) is 0 Å². The molecule has 0 heterocycles. The van der Waals surface area contributed by atoms with Crippen LogP contribution in [0.2, 0.25) is 0 Å². The van der Waals surface area contributed by atoms with E-state index < -0.39 is 0 Å². The SMILES string of the molecule is CCCCCCCCCCCCC/C=C/CCCc1ccccc1N=C(CCCCCCCC)C(CCCC)=Nc1ccc(CCC)c(CCC)c1. The first-order valence-electron chi connectivity index (χ1n) is 22.7. The minimum atomic E-state index is 0.997. The molecule has 2 heteroatoms. The fourth-order valence-electron chi connectivity index (χ4n) is 7.35. The van der Waals surface area contributed by atoms with Crippen molar-refractivity contribution in [1.82, 2.24) is 0 Å². The van der Waals surface area contributed by atoms with E-state index in [1.807, 2.05) is 0 Å². The lowest BCUT2D eigenvalue weighted by Gasteiger charge is -2.14. The number of hydrogen-bond donors (Lipinski definition) is 0. The molecule has 292 valence electrons. The minimum Gasteiger partial charge on any atom is -0.252 e. The predicted octanol–water partition coefficient (Wildman–Crippen LogP) is 17.0. The maximum absolute atomic E-state index is 5.51. The monoisotopic (exact) mass is 711 g/mol. The van der Waals surface area contributed by atoms with Crippen LogP contribution >= 0.6 is 0 Å². The molecule has 0 atom stereocenters. The molecule has 0 radical (unpaired) electrons. The Morgan fingerprint density at radius 3 is 1.58 bits per heavy atom. The van der Waals surface area contributed by atoms with E-state index in [0.29, 0.717) is 0 Å². The van der Waals surface area contributed by atoms with Crippen molar-refractivity contribution in [2.24, 2.45) is 9.98 Å². The Labute approximate surface area is 323 Å².